The van der Waals surface area contributed by atoms with Crippen LogP contribution in [0.2, 0.25) is 0 Å². The molecule has 2 aromatic carbocycles. The van der Waals surface area contributed by atoms with E-state index in [0.29, 0.717) is 31.1 Å². The number of benzene rings is 2. The van der Waals surface area contributed by atoms with Gasteiger partial charge in [0.15, 0.2) is 0 Å². The Bertz CT molecular complexity index is 1090. The van der Waals surface area contributed by atoms with Crippen LogP contribution in [0.15, 0.2) is 42.5 Å². The van der Waals surface area contributed by atoms with Gasteiger partial charge in [-0.2, -0.15) is 0 Å². The van der Waals surface area contributed by atoms with Crippen molar-refractivity contribution in [1.82, 2.24) is 10.2 Å². The third kappa shape index (κ3) is 4.65. The molecule has 3 fully saturated rings. The number of nitrogens with one attached hydrogen (secondary N) is 1. The molecule has 0 bridgehead atoms. The topological polar surface area (TPSA) is 69.7 Å². The fraction of sp³-hybridized carbons (Fsp3) is 0.444. The minimum Gasteiger partial charge on any atom is -0.349 e. The molecule has 6 nitrogen and oxygen atoms in total. The van der Waals surface area contributed by atoms with Gasteiger partial charge < -0.3 is 15.1 Å². The van der Waals surface area contributed by atoms with Crippen molar-refractivity contribution in [1.29, 1.82) is 0 Å². The van der Waals surface area contributed by atoms with Crippen molar-refractivity contribution in [3.05, 3.63) is 64.7 Å². The lowest BCUT2D eigenvalue weighted by atomic mass is 10.0. The number of rotatable bonds is 7. The molecule has 0 aromatic heterocycles. The summed E-state index contributed by atoms with van der Waals surface area (Å²) < 4.78 is 0. The van der Waals surface area contributed by atoms with E-state index in [1.54, 1.807) is 4.90 Å². The van der Waals surface area contributed by atoms with Crippen molar-refractivity contribution in [3.63, 3.8) is 0 Å². The van der Waals surface area contributed by atoms with Crippen LogP contribution in [-0.2, 0) is 16.1 Å². The monoisotopic (exact) mass is 445 g/mol. The zero-order chi connectivity index (χ0) is 23.1. The largest absolute Gasteiger partial charge is 0.349 e. The third-order valence-corrected chi connectivity index (χ3v) is 7.06. The van der Waals surface area contributed by atoms with E-state index in [2.05, 4.69) is 12.2 Å². The molecule has 33 heavy (non-hydrogen) atoms. The van der Waals surface area contributed by atoms with Crippen molar-refractivity contribution in [2.45, 2.75) is 64.6 Å². The Balaban J connectivity index is 1.26. The molecule has 3 aliphatic rings. The Morgan fingerprint density at radius 3 is 2.33 bits per heavy atom. The molecule has 1 aliphatic heterocycles. The van der Waals surface area contributed by atoms with E-state index in [0.717, 1.165) is 42.5 Å². The van der Waals surface area contributed by atoms with Crippen LogP contribution >= 0.6 is 0 Å². The molecule has 1 atom stereocenters. The highest BCUT2D eigenvalue weighted by Gasteiger charge is 2.43. The molecular weight excluding hydrogens is 414 g/mol. The van der Waals surface area contributed by atoms with E-state index in [-0.39, 0.29) is 23.8 Å². The maximum Gasteiger partial charge on any atom is 0.251 e. The summed E-state index contributed by atoms with van der Waals surface area (Å²) in [5.74, 6) is -0.816. The minimum absolute atomic E-state index is 0.0397. The summed E-state index contributed by atoms with van der Waals surface area (Å²) in [6, 6.07) is 14.0. The molecule has 6 heteroatoms. The summed E-state index contributed by atoms with van der Waals surface area (Å²) in [7, 11) is 0. The van der Waals surface area contributed by atoms with Gasteiger partial charge in [-0.3, -0.25) is 14.4 Å². The normalized spacial score (nSPS) is 20.1. The average Bonchev–Trinajstić information content (AvgIpc) is 3.74. The summed E-state index contributed by atoms with van der Waals surface area (Å²) in [5.41, 5.74) is 4.83. The van der Waals surface area contributed by atoms with Crippen LogP contribution in [-0.4, -0.2) is 41.2 Å². The molecule has 5 rings (SSSR count). The van der Waals surface area contributed by atoms with Crippen LogP contribution in [0.5, 0.6) is 0 Å². The first-order valence-corrected chi connectivity index (χ1v) is 12.0. The van der Waals surface area contributed by atoms with Gasteiger partial charge in [-0.05, 0) is 86.9 Å². The highest BCUT2D eigenvalue weighted by atomic mass is 16.2. The van der Waals surface area contributed by atoms with E-state index in [1.165, 1.54) is 5.56 Å². The lowest BCUT2D eigenvalue weighted by Gasteiger charge is -2.25. The highest BCUT2D eigenvalue weighted by molar-refractivity contribution is 6.09. The quantitative estimate of drug-likeness (QED) is 0.660. The summed E-state index contributed by atoms with van der Waals surface area (Å²) >= 11 is 0. The summed E-state index contributed by atoms with van der Waals surface area (Å²) in [6.07, 6.45) is 4.63. The fourth-order valence-electron chi connectivity index (χ4n) is 4.49. The van der Waals surface area contributed by atoms with E-state index < -0.39 is 5.92 Å². The van der Waals surface area contributed by atoms with Gasteiger partial charge in [-0.1, -0.05) is 18.2 Å². The molecule has 1 N–H and O–H groups in total. The number of carbonyl (C=O) groups is 3. The molecular formula is C27H31N3O3. The predicted octanol–water partition coefficient (Wildman–Crippen LogP) is 3.74. The van der Waals surface area contributed by atoms with Crippen molar-refractivity contribution >= 4 is 23.4 Å². The molecule has 1 unspecified atom stereocenters. The average molecular weight is 446 g/mol. The minimum atomic E-state index is -0.615. The maximum atomic E-state index is 13.5. The first kappa shape index (κ1) is 21.7. The predicted molar refractivity (Wildman–Crippen MR) is 127 cm³/mol. The molecule has 172 valence electrons. The van der Waals surface area contributed by atoms with Gasteiger partial charge in [0.05, 0.1) is 0 Å². The molecule has 0 spiro atoms. The standard InChI is InChI=1S/C27H31N3O3/c1-17-3-10-23(15-18(17)2)29-14-13-24(26(29)32)27(33)30(22-11-12-22)16-19-4-6-20(7-5-19)25(31)28-21-8-9-21/h3-7,10,15,21-22,24H,8-9,11-14,16H2,1-2H3,(H,28,31). The SMILES string of the molecule is Cc1ccc(N2CCC(C(=O)N(Cc3ccc(C(=O)NC4CC4)cc3)C3CC3)C2=O)cc1C. The smallest absolute Gasteiger partial charge is 0.251 e. The number of amides is 3. The Morgan fingerprint density at radius 1 is 0.970 bits per heavy atom. The number of nitrogens with zero attached hydrogens (tertiary/aromatic N) is 2. The second-order valence-electron chi connectivity index (χ2n) is 9.74. The van der Waals surface area contributed by atoms with Gasteiger partial charge in [-0.15, -0.1) is 0 Å². The summed E-state index contributed by atoms with van der Waals surface area (Å²) in [4.78, 5) is 42.5. The van der Waals surface area contributed by atoms with E-state index in [9.17, 15) is 14.4 Å². The molecule has 1 saturated heterocycles. The molecule has 2 saturated carbocycles. The molecule has 2 aliphatic carbocycles. The Hall–Kier alpha value is -3.15. The first-order valence-electron chi connectivity index (χ1n) is 12.0. The van der Waals surface area contributed by atoms with E-state index in [4.69, 9.17) is 0 Å². The van der Waals surface area contributed by atoms with Crippen molar-refractivity contribution < 1.29 is 14.4 Å². The lowest BCUT2D eigenvalue weighted by Crippen LogP contribution is -2.41. The molecule has 3 amide bonds. The van der Waals surface area contributed by atoms with E-state index >= 15 is 0 Å². The molecule has 0 radical (unpaired) electrons. The first-order chi connectivity index (χ1) is 15.9. The van der Waals surface area contributed by atoms with Crippen LogP contribution in [0.4, 0.5) is 5.69 Å². The van der Waals surface area contributed by atoms with Crippen molar-refractivity contribution in [2.75, 3.05) is 11.4 Å². The zero-order valence-corrected chi connectivity index (χ0v) is 19.3. The number of hydrogen-bond acceptors (Lipinski definition) is 3. The third-order valence-electron chi connectivity index (χ3n) is 7.06. The zero-order valence-electron chi connectivity index (χ0n) is 19.3. The molecule has 1 heterocycles. The van der Waals surface area contributed by atoms with Crippen LogP contribution in [0.3, 0.4) is 0 Å². The van der Waals surface area contributed by atoms with Gasteiger partial charge in [0.2, 0.25) is 11.8 Å². The Morgan fingerprint density at radius 2 is 1.70 bits per heavy atom. The highest BCUT2D eigenvalue weighted by Crippen LogP contribution is 2.33. The number of carbonyl (C=O) groups excluding carboxylic acids is 3. The van der Waals surface area contributed by atoms with Crippen molar-refractivity contribution in [3.8, 4) is 0 Å². The van der Waals surface area contributed by atoms with Crippen LogP contribution < -0.4 is 10.2 Å². The second-order valence-corrected chi connectivity index (χ2v) is 9.74. The Labute approximate surface area is 194 Å². The van der Waals surface area contributed by atoms with Gasteiger partial charge in [0.25, 0.3) is 5.91 Å². The number of anilines is 1. The second kappa shape index (κ2) is 8.65. The lowest BCUT2D eigenvalue weighted by molar-refractivity contribution is -0.140. The number of hydrogen-bond donors (Lipinski definition) is 1. The maximum absolute atomic E-state index is 13.5. The Kier molecular flexibility index (Phi) is 5.69. The van der Waals surface area contributed by atoms with Crippen LogP contribution in [0.25, 0.3) is 0 Å². The van der Waals surface area contributed by atoms with Gasteiger partial charge >= 0.3 is 0 Å². The van der Waals surface area contributed by atoms with Gasteiger partial charge in [0.1, 0.15) is 5.92 Å². The van der Waals surface area contributed by atoms with E-state index in [1.807, 2.05) is 54.3 Å². The summed E-state index contributed by atoms with van der Waals surface area (Å²) in [5, 5.41) is 3.00. The fourth-order valence-corrected chi connectivity index (χ4v) is 4.49. The van der Waals surface area contributed by atoms with Gasteiger partial charge in [0, 0.05) is 36.4 Å². The van der Waals surface area contributed by atoms with Crippen LogP contribution in [0, 0.1) is 19.8 Å². The summed E-state index contributed by atoms with van der Waals surface area (Å²) in [6.45, 7) is 5.14. The molecule has 2 aromatic rings. The van der Waals surface area contributed by atoms with Crippen LogP contribution in [0.1, 0.15) is 59.2 Å². The van der Waals surface area contributed by atoms with Crippen molar-refractivity contribution in [2.24, 2.45) is 5.92 Å². The van der Waals surface area contributed by atoms with Gasteiger partial charge in [-0.25, -0.2) is 0 Å². The number of aryl methyl sites for hydroxylation is 2.